The van der Waals surface area contributed by atoms with Crippen molar-refractivity contribution < 1.29 is 19.7 Å². The van der Waals surface area contributed by atoms with Gasteiger partial charge in [0.25, 0.3) is 0 Å². The summed E-state index contributed by atoms with van der Waals surface area (Å²) in [4.78, 5) is 0. The lowest BCUT2D eigenvalue weighted by Gasteiger charge is -2.28. The van der Waals surface area contributed by atoms with Gasteiger partial charge in [-0.25, -0.2) is 0 Å². The molecule has 3 atom stereocenters. The van der Waals surface area contributed by atoms with Gasteiger partial charge in [-0.05, 0) is 52.4 Å². The minimum Gasteiger partial charge on any atom is -0.368 e. The van der Waals surface area contributed by atoms with E-state index in [0.29, 0.717) is 25.4 Å². The van der Waals surface area contributed by atoms with Crippen molar-refractivity contribution >= 4 is 0 Å². The van der Waals surface area contributed by atoms with Crippen LogP contribution in [0.15, 0.2) is 11.6 Å². The lowest BCUT2D eigenvalue weighted by molar-refractivity contribution is -0.175. The van der Waals surface area contributed by atoms with Crippen molar-refractivity contribution in [1.29, 1.82) is 0 Å². The van der Waals surface area contributed by atoms with Gasteiger partial charge in [-0.3, -0.25) is 0 Å². The highest BCUT2D eigenvalue weighted by Crippen LogP contribution is 2.30. The molecule has 0 spiro atoms. The molecule has 4 heteroatoms. The molecule has 4 nitrogen and oxygen atoms in total. The Morgan fingerprint density at radius 3 is 2.45 bits per heavy atom. The fraction of sp³-hybridized carbons (Fsp3) is 0.889. The number of rotatable bonds is 8. The zero-order chi connectivity index (χ0) is 16.8. The van der Waals surface area contributed by atoms with E-state index in [0.717, 1.165) is 19.3 Å². The molecule has 0 aliphatic heterocycles. The van der Waals surface area contributed by atoms with Gasteiger partial charge in [0.2, 0.25) is 0 Å². The Hall–Kier alpha value is -0.420. The second kappa shape index (κ2) is 9.02. The van der Waals surface area contributed by atoms with Crippen LogP contribution in [0.4, 0.5) is 0 Å². The van der Waals surface area contributed by atoms with Crippen molar-refractivity contribution in [2.45, 2.75) is 84.9 Å². The van der Waals surface area contributed by atoms with Crippen molar-refractivity contribution in [1.82, 2.24) is 0 Å². The summed E-state index contributed by atoms with van der Waals surface area (Å²) in [7, 11) is 0. The van der Waals surface area contributed by atoms with Crippen molar-refractivity contribution in [3.8, 4) is 0 Å². The quantitative estimate of drug-likeness (QED) is 0.408. The Labute approximate surface area is 135 Å². The molecular formula is C18H34O4. The highest BCUT2D eigenvalue weighted by Gasteiger charge is 2.23. The average molecular weight is 314 g/mol. The number of allylic oxidation sites excluding steroid dienone is 2. The van der Waals surface area contributed by atoms with Gasteiger partial charge >= 0.3 is 0 Å². The predicted molar refractivity (Wildman–Crippen MR) is 88.3 cm³/mol. The van der Waals surface area contributed by atoms with Crippen LogP contribution in [0.2, 0.25) is 0 Å². The largest absolute Gasteiger partial charge is 0.368 e. The van der Waals surface area contributed by atoms with Crippen LogP contribution in [0.1, 0.15) is 66.7 Å². The first-order chi connectivity index (χ1) is 10.2. The Morgan fingerprint density at radius 1 is 1.27 bits per heavy atom. The molecule has 0 fully saturated rings. The molecule has 0 saturated heterocycles. The van der Waals surface area contributed by atoms with Crippen LogP contribution in [-0.2, 0) is 9.47 Å². The van der Waals surface area contributed by atoms with Crippen molar-refractivity contribution in [3.05, 3.63) is 11.6 Å². The van der Waals surface area contributed by atoms with Crippen LogP contribution >= 0.6 is 0 Å². The highest BCUT2D eigenvalue weighted by molar-refractivity contribution is 5.08. The fourth-order valence-corrected chi connectivity index (χ4v) is 2.72. The number of aliphatic hydroxyl groups excluding tert-OH is 2. The first-order valence-corrected chi connectivity index (χ1v) is 8.53. The van der Waals surface area contributed by atoms with Crippen LogP contribution in [-0.4, -0.2) is 35.0 Å². The van der Waals surface area contributed by atoms with Crippen LogP contribution in [0.25, 0.3) is 0 Å². The molecule has 1 rings (SSSR count). The Balaban J connectivity index is 2.18. The third-order valence-electron chi connectivity index (χ3n) is 4.01. The summed E-state index contributed by atoms with van der Waals surface area (Å²) in [5, 5.41) is 19.8. The molecule has 0 aromatic heterocycles. The summed E-state index contributed by atoms with van der Waals surface area (Å²) >= 11 is 0. The molecule has 1 aliphatic carbocycles. The third kappa shape index (κ3) is 7.73. The van der Waals surface area contributed by atoms with Gasteiger partial charge in [0.1, 0.15) is 0 Å². The van der Waals surface area contributed by atoms with E-state index < -0.39 is 12.6 Å². The van der Waals surface area contributed by atoms with E-state index in [1.807, 2.05) is 20.8 Å². The molecule has 0 aromatic carbocycles. The summed E-state index contributed by atoms with van der Waals surface area (Å²) in [6.45, 7) is 10.6. The van der Waals surface area contributed by atoms with E-state index in [1.54, 1.807) is 0 Å². The Morgan fingerprint density at radius 2 is 1.95 bits per heavy atom. The first-order valence-electron chi connectivity index (χ1n) is 8.53. The normalized spacial score (nSPS) is 22.5. The van der Waals surface area contributed by atoms with Gasteiger partial charge in [-0.2, -0.15) is 0 Å². The molecule has 0 saturated carbocycles. The summed E-state index contributed by atoms with van der Waals surface area (Å²) in [6, 6.07) is 0. The van der Waals surface area contributed by atoms with Gasteiger partial charge < -0.3 is 19.7 Å². The number of ether oxygens (including phenoxy) is 2. The molecule has 3 unspecified atom stereocenters. The van der Waals surface area contributed by atoms with E-state index in [1.165, 1.54) is 5.57 Å². The zero-order valence-corrected chi connectivity index (χ0v) is 14.8. The van der Waals surface area contributed by atoms with Crippen LogP contribution in [0.5, 0.6) is 0 Å². The maximum Gasteiger partial charge on any atom is 0.157 e. The minimum absolute atomic E-state index is 0.193. The standard InChI is InChI=1S/C18H34O4/c1-13(2)14-8-10-15(11-9-14)17(20)21-12-6-7-16(19)22-18(3,4)5/h8,13,15-17,19-20H,6-7,9-12H2,1-5H3. The SMILES string of the molecule is CC(C)C1=CCC(C(O)OCCCC(O)OC(C)(C)C)CC1. The first kappa shape index (κ1) is 19.6. The number of hydrogen-bond acceptors (Lipinski definition) is 4. The highest BCUT2D eigenvalue weighted by atomic mass is 16.6. The van der Waals surface area contributed by atoms with Crippen LogP contribution in [0.3, 0.4) is 0 Å². The van der Waals surface area contributed by atoms with E-state index >= 15 is 0 Å². The van der Waals surface area contributed by atoms with Crippen molar-refractivity contribution in [2.75, 3.05) is 6.61 Å². The molecule has 0 radical (unpaired) electrons. The minimum atomic E-state index is -0.771. The smallest absolute Gasteiger partial charge is 0.157 e. The van der Waals surface area contributed by atoms with E-state index in [4.69, 9.17) is 9.47 Å². The maximum absolute atomic E-state index is 10.1. The van der Waals surface area contributed by atoms with E-state index in [9.17, 15) is 10.2 Å². The summed E-state index contributed by atoms with van der Waals surface area (Å²) in [5.74, 6) is 0.793. The van der Waals surface area contributed by atoms with Crippen molar-refractivity contribution in [2.24, 2.45) is 11.8 Å². The predicted octanol–water partition coefficient (Wildman–Crippen LogP) is 3.62. The monoisotopic (exact) mass is 314 g/mol. The second-order valence-corrected chi connectivity index (χ2v) is 7.56. The van der Waals surface area contributed by atoms with Crippen molar-refractivity contribution in [3.63, 3.8) is 0 Å². The zero-order valence-electron chi connectivity index (χ0n) is 14.8. The second-order valence-electron chi connectivity index (χ2n) is 7.56. The van der Waals surface area contributed by atoms with E-state index in [-0.39, 0.29) is 11.5 Å². The molecule has 130 valence electrons. The van der Waals surface area contributed by atoms with Crippen LogP contribution in [0, 0.1) is 11.8 Å². The molecular weight excluding hydrogens is 280 g/mol. The number of aliphatic hydroxyl groups is 2. The Bertz CT molecular complexity index is 343. The molecule has 22 heavy (non-hydrogen) atoms. The molecule has 0 bridgehead atoms. The lowest BCUT2D eigenvalue weighted by atomic mass is 9.85. The van der Waals surface area contributed by atoms with Crippen LogP contribution < -0.4 is 0 Å². The summed E-state index contributed by atoms with van der Waals surface area (Å²) in [6.07, 6.45) is 4.91. The fourth-order valence-electron chi connectivity index (χ4n) is 2.72. The number of hydrogen-bond donors (Lipinski definition) is 2. The maximum atomic E-state index is 10.1. The van der Waals surface area contributed by atoms with Gasteiger partial charge in [0.15, 0.2) is 12.6 Å². The topological polar surface area (TPSA) is 58.9 Å². The van der Waals surface area contributed by atoms with Gasteiger partial charge in [0.05, 0.1) is 5.60 Å². The van der Waals surface area contributed by atoms with Gasteiger partial charge in [-0.15, -0.1) is 0 Å². The Kier molecular flexibility index (Phi) is 8.04. The van der Waals surface area contributed by atoms with E-state index in [2.05, 4.69) is 19.9 Å². The molecule has 1 aliphatic rings. The molecule has 0 heterocycles. The lowest BCUT2D eigenvalue weighted by Crippen LogP contribution is -2.28. The summed E-state index contributed by atoms with van der Waals surface area (Å²) in [5.41, 5.74) is 1.15. The molecule has 0 amide bonds. The van der Waals surface area contributed by atoms with Gasteiger partial charge in [0, 0.05) is 18.9 Å². The average Bonchev–Trinajstić information content (AvgIpc) is 2.41. The molecule has 0 aromatic rings. The van der Waals surface area contributed by atoms with Gasteiger partial charge in [-0.1, -0.05) is 25.5 Å². The summed E-state index contributed by atoms with van der Waals surface area (Å²) < 4.78 is 10.9. The molecule has 2 N–H and O–H groups in total. The third-order valence-corrected chi connectivity index (χ3v) is 4.01.